The van der Waals surface area contributed by atoms with Gasteiger partial charge in [0.25, 0.3) is 0 Å². The molecule has 0 bridgehead atoms. The van der Waals surface area contributed by atoms with E-state index in [9.17, 15) is 14.0 Å². The summed E-state index contributed by atoms with van der Waals surface area (Å²) in [6.45, 7) is 0.0567. The van der Waals surface area contributed by atoms with Gasteiger partial charge in [-0.05, 0) is 39.2 Å². The summed E-state index contributed by atoms with van der Waals surface area (Å²) in [4.78, 5) is 22.9. The summed E-state index contributed by atoms with van der Waals surface area (Å²) < 4.78 is 19.0. The Morgan fingerprint density at radius 2 is 1.92 bits per heavy atom. The molecule has 2 aromatic carbocycles. The van der Waals surface area contributed by atoms with Crippen molar-refractivity contribution in [1.29, 1.82) is 0 Å². The summed E-state index contributed by atoms with van der Waals surface area (Å²) in [5, 5.41) is 11.5. The van der Waals surface area contributed by atoms with Crippen LogP contribution >= 0.6 is 15.9 Å². The molecule has 2 N–H and O–H groups in total. The van der Waals surface area contributed by atoms with Crippen molar-refractivity contribution in [2.24, 2.45) is 0 Å². The van der Waals surface area contributed by atoms with Crippen LogP contribution in [-0.2, 0) is 16.1 Å². The number of hydrogen-bond acceptors (Lipinski definition) is 3. The molecule has 0 aromatic heterocycles. The van der Waals surface area contributed by atoms with Crippen LogP contribution in [0.5, 0.6) is 0 Å². The van der Waals surface area contributed by atoms with Crippen LogP contribution in [0, 0.1) is 5.82 Å². The van der Waals surface area contributed by atoms with Crippen molar-refractivity contribution < 1.29 is 23.8 Å². The van der Waals surface area contributed by atoms with Crippen LogP contribution in [0.3, 0.4) is 0 Å². The number of alkyl carbamates (subject to hydrolysis) is 1. The van der Waals surface area contributed by atoms with Gasteiger partial charge in [0.15, 0.2) is 0 Å². The van der Waals surface area contributed by atoms with Crippen LogP contribution in [0.1, 0.15) is 23.6 Å². The number of amides is 1. The van der Waals surface area contributed by atoms with E-state index >= 15 is 0 Å². The van der Waals surface area contributed by atoms with Gasteiger partial charge in [-0.2, -0.15) is 0 Å². The fraction of sp³-hybridized carbons (Fsp3) is 0.176. The highest BCUT2D eigenvalue weighted by molar-refractivity contribution is 9.10. The molecule has 0 fully saturated rings. The highest BCUT2D eigenvalue weighted by atomic mass is 79.9. The van der Waals surface area contributed by atoms with Crippen molar-refractivity contribution in [3.63, 3.8) is 0 Å². The topological polar surface area (TPSA) is 75.6 Å². The first-order valence-electron chi connectivity index (χ1n) is 7.09. The van der Waals surface area contributed by atoms with Gasteiger partial charge < -0.3 is 15.2 Å². The van der Waals surface area contributed by atoms with E-state index in [1.54, 1.807) is 12.1 Å². The molecule has 0 saturated carbocycles. The number of carboxylic acids is 1. The first-order chi connectivity index (χ1) is 11.5. The summed E-state index contributed by atoms with van der Waals surface area (Å²) in [5.41, 5.74) is 1.15. The molecule has 0 saturated heterocycles. The minimum Gasteiger partial charge on any atom is -0.481 e. The molecule has 1 unspecified atom stereocenters. The van der Waals surface area contributed by atoms with Gasteiger partial charge in [0, 0.05) is 0 Å². The highest BCUT2D eigenvalue weighted by Crippen LogP contribution is 2.23. The van der Waals surface area contributed by atoms with Gasteiger partial charge in [-0.25, -0.2) is 9.18 Å². The van der Waals surface area contributed by atoms with E-state index in [4.69, 9.17) is 9.84 Å². The van der Waals surface area contributed by atoms with Crippen molar-refractivity contribution in [1.82, 2.24) is 5.32 Å². The summed E-state index contributed by atoms with van der Waals surface area (Å²) in [6.07, 6.45) is -1.16. The molecular formula is C17H15BrFNO4. The maximum Gasteiger partial charge on any atom is 0.407 e. The first-order valence-corrected chi connectivity index (χ1v) is 7.89. The Kier molecular flexibility index (Phi) is 6.31. The lowest BCUT2D eigenvalue weighted by atomic mass is 10.0. The van der Waals surface area contributed by atoms with Gasteiger partial charge in [-0.1, -0.05) is 36.4 Å². The zero-order chi connectivity index (χ0) is 17.5. The molecule has 0 radical (unpaired) electrons. The summed E-state index contributed by atoms with van der Waals surface area (Å²) in [7, 11) is 0. The zero-order valence-electron chi connectivity index (χ0n) is 12.5. The smallest absolute Gasteiger partial charge is 0.407 e. The third-order valence-electron chi connectivity index (χ3n) is 3.23. The van der Waals surface area contributed by atoms with Crippen molar-refractivity contribution in [3.8, 4) is 0 Å². The number of rotatable bonds is 6. The molecule has 0 aliphatic rings. The second-order valence-electron chi connectivity index (χ2n) is 5.03. The molecular weight excluding hydrogens is 381 g/mol. The molecule has 24 heavy (non-hydrogen) atoms. The molecule has 0 aliphatic heterocycles. The highest BCUT2D eigenvalue weighted by Gasteiger charge is 2.20. The van der Waals surface area contributed by atoms with E-state index in [0.29, 0.717) is 5.56 Å². The fourth-order valence-corrected chi connectivity index (χ4v) is 2.31. The van der Waals surface area contributed by atoms with Crippen molar-refractivity contribution in [3.05, 3.63) is 69.9 Å². The van der Waals surface area contributed by atoms with E-state index in [1.165, 1.54) is 18.2 Å². The van der Waals surface area contributed by atoms with E-state index in [1.807, 2.05) is 18.2 Å². The predicted molar refractivity (Wildman–Crippen MR) is 88.9 cm³/mol. The Labute approximate surface area is 146 Å². The number of aliphatic carboxylic acids is 1. The largest absolute Gasteiger partial charge is 0.481 e. The lowest BCUT2D eigenvalue weighted by Gasteiger charge is -2.17. The molecule has 2 rings (SSSR count). The second kappa shape index (κ2) is 8.44. The van der Waals surface area contributed by atoms with E-state index < -0.39 is 23.9 Å². The Balaban J connectivity index is 2.03. The number of nitrogens with one attached hydrogen (secondary N) is 1. The molecule has 0 aliphatic carbocycles. The van der Waals surface area contributed by atoms with Gasteiger partial charge in [0.1, 0.15) is 12.4 Å². The average Bonchev–Trinajstić information content (AvgIpc) is 2.55. The maximum absolute atomic E-state index is 13.6. The van der Waals surface area contributed by atoms with Crippen LogP contribution in [0.25, 0.3) is 0 Å². The Morgan fingerprint density at radius 1 is 1.21 bits per heavy atom. The number of halogens is 2. The second-order valence-corrected chi connectivity index (χ2v) is 5.88. The minimum atomic E-state index is -1.12. The third kappa shape index (κ3) is 5.34. The number of carbonyl (C=O) groups is 2. The van der Waals surface area contributed by atoms with Crippen molar-refractivity contribution in [2.45, 2.75) is 19.1 Å². The van der Waals surface area contributed by atoms with Crippen LogP contribution in [0.15, 0.2) is 53.0 Å². The van der Waals surface area contributed by atoms with E-state index in [0.717, 1.165) is 5.56 Å². The summed E-state index contributed by atoms with van der Waals surface area (Å²) >= 11 is 3.03. The molecule has 2 aromatic rings. The average molecular weight is 396 g/mol. The van der Waals surface area contributed by atoms with Gasteiger partial charge in [-0.15, -0.1) is 0 Å². The molecule has 1 atom stereocenters. The predicted octanol–water partition coefficient (Wildman–Crippen LogP) is 4.03. The lowest BCUT2D eigenvalue weighted by Crippen LogP contribution is -2.30. The summed E-state index contributed by atoms with van der Waals surface area (Å²) in [5.74, 6) is -1.66. The van der Waals surface area contributed by atoms with E-state index in [-0.39, 0.29) is 17.5 Å². The quantitative estimate of drug-likeness (QED) is 0.773. The zero-order valence-corrected chi connectivity index (χ0v) is 14.1. The number of carboxylic acid groups (broad SMARTS) is 1. The van der Waals surface area contributed by atoms with Crippen molar-refractivity contribution in [2.75, 3.05) is 0 Å². The monoisotopic (exact) mass is 395 g/mol. The van der Waals surface area contributed by atoms with Crippen LogP contribution in [0.4, 0.5) is 9.18 Å². The Hall–Kier alpha value is -2.41. The number of ether oxygens (including phenoxy) is 1. The summed E-state index contributed by atoms with van der Waals surface area (Å²) in [6, 6.07) is 12.3. The molecule has 5 nitrogen and oxygen atoms in total. The molecule has 126 valence electrons. The van der Waals surface area contributed by atoms with Gasteiger partial charge in [0.05, 0.1) is 16.9 Å². The Bertz CT molecular complexity index is 724. The van der Waals surface area contributed by atoms with Crippen LogP contribution in [-0.4, -0.2) is 17.2 Å². The van der Waals surface area contributed by atoms with Crippen LogP contribution < -0.4 is 5.32 Å². The van der Waals surface area contributed by atoms with Gasteiger partial charge in [-0.3, -0.25) is 4.79 Å². The third-order valence-corrected chi connectivity index (χ3v) is 3.87. The molecule has 7 heteroatoms. The number of hydrogen-bond donors (Lipinski definition) is 2. The number of carbonyl (C=O) groups excluding carboxylic acids is 1. The first kappa shape index (κ1) is 17.9. The molecule has 0 spiro atoms. The fourth-order valence-electron chi connectivity index (χ4n) is 2.06. The minimum absolute atomic E-state index is 0.0567. The maximum atomic E-state index is 13.6. The standard InChI is InChI=1S/C17H15BrFNO4/c18-13-7-6-12(8-14(13)19)15(9-16(21)22)20-17(23)24-10-11-4-2-1-3-5-11/h1-8,15H,9-10H2,(H,20,23)(H,21,22). The van der Waals surface area contributed by atoms with Gasteiger partial charge >= 0.3 is 12.1 Å². The normalized spacial score (nSPS) is 11.6. The molecule has 1 amide bonds. The van der Waals surface area contributed by atoms with Crippen molar-refractivity contribution >= 4 is 28.0 Å². The van der Waals surface area contributed by atoms with Crippen LogP contribution in [0.2, 0.25) is 0 Å². The number of benzene rings is 2. The lowest BCUT2D eigenvalue weighted by molar-refractivity contribution is -0.137. The van der Waals surface area contributed by atoms with E-state index in [2.05, 4.69) is 21.2 Å². The van der Waals surface area contributed by atoms with Gasteiger partial charge in [0.2, 0.25) is 0 Å². The molecule has 0 heterocycles. The Morgan fingerprint density at radius 3 is 2.54 bits per heavy atom. The SMILES string of the molecule is O=C(O)CC(NC(=O)OCc1ccccc1)c1ccc(Br)c(F)c1.